The standard InChI is InChI=1S/C18H18N4O6/c1-11-5-4-6-16(12(11)2)19-17(23)10-20(3)18(24)13-7-14(21(25)26)9-15(8-13)22(27)28/h4-9H,10H2,1-3H3,(H,19,23). The minimum atomic E-state index is -0.822. The Morgan fingerprint density at radius 2 is 1.61 bits per heavy atom. The Morgan fingerprint density at radius 1 is 1.04 bits per heavy atom. The Labute approximate surface area is 160 Å². The van der Waals surface area contributed by atoms with Crippen molar-refractivity contribution in [3.05, 3.63) is 73.3 Å². The van der Waals surface area contributed by atoms with Gasteiger partial charge in [-0.1, -0.05) is 12.1 Å². The van der Waals surface area contributed by atoms with Crippen LogP contribution in [0.25, 0.3) is 0 Å². The van der Waals surface area contributed by atoms with Crippen LogP contribution in [-0.4, -0.2) is 40.2 Å². The number of likely N-dealkylation sites (N-methyl/N-ethyl adjacent to an activating group) is 1. The zero-order valence-electron chi connectivity index (χ0n) is 15.5. The van der Waals surface area contributed by atoms with Crippen molar-refractivity contribution in [1.82, 2.24) is 4.90 Å². The second kappa shape index (κ2) is 8.25. The van der Waals surface area contributed by atoms with Gasteiger partial charge in [-0.05, 0) is 31.0 Å². The molecule has 146 valence electrons. The molecule has 0 bridgehead atoms. The second-order valence-electron chi connectivity index (χ2n) is 6.21. The lowest BCUT2D eigenvalue weighted by Gasteiger charge is -2.17. The van der Waals surface area contributed by atoms with E-state index in [0.29, 0.717) is 5.69 Å². The first-order chi connectivity index (χ1) is 13.1. The highest BCUT2D eigenvalue weighted by atomic mass is 16.6. The van der Waals surface area contributed by atoms with Crippen molar-refractivity contribution in [2.75, 3.05) is 18.9 Å². The average molecular weight is 386 g/mol. The SMILES string of the molecule is Cc1cccc(NC(=O)CN(C)C(=O)c2cc([N+](=O)[O-])cc([N+](=O)[O-])c2)c1C. The van der Waals surface area contributed by atoms with E-state index in [2.05, 4.69) is 5.32 Å². The van der Waals surface area contributed by atoms with Crippen molar-refractivity contribution in [2.24, 2.45) is 0 Å². The van der Waals surface area contributed by atoms with Crippen LogP contribution in [0, 0.1) is 34.1 Å². The fraction of sp³-hybridized carbons (Fsp3) is 0.222. The third-order valence-electron chi connectivity index (χ3n) is 4.18. The summed E-state index contributed by atoms with van der Waals surface area (Å²) in [7, 11) is 1.33. The lowest BCUT2D eigenvalue weighted by atomic mass is 10.1. The lowest BCUT2D eigenvalue weighted by molar-refractivity contribution is -0.394. The van der Waals surface area contributed by atoms with Crippen LogP contribution >= 0.6 is 0 Å². The lowest BCUT2D eigenvalue weighted by Crippen LogP contribution is -2.35. The van der Waals surface area contributed by atoms with Crippen LogP contribution in [0.3, 0.4) is 0 Å². The minimum absolute atomic E-state index is 0.247. The fourth-order valence-corrected chi connectivity index (χ4v) is 2.51. The van der Waals surface area contributed by atoms with E-state index in [1.807, 2.05) is 19.9 Å². The van der Waals surface area contributed by atoms with Gasteiger partial charge in [0.2, 0.25) is 5.91 Å². The second-order valence-corrected chi connectivity index (χ2v) is 6.21. The van der Waals surface area contributed by atoms with Gasteiger partial charge in [-0.15, -0.1) is 0 Å². The zero-order valence-corrected chi connectivity index (χ0v) is 15.5. The molecule has 0 aliphatic rings. The summed E-state index contributed by atoms with van der Waals surface area (Å²) in [6.07, 6.45) is 0. The van der Waals surface area contributed by atoms with Crippen LogP contribution in [0.4, 0.5) is 17.1 Å². The van der Waals surface area contributed by atoms with E-state index >= 15 is 0 Å². The average Bonchev–Trinajstić information content (AvgIpc) is 2.64. The van der Waals surface area contributed by atoms with Gasteiger partial charge in [0.25, 0.3) is 17.3 Å². The summed E-state index contributed by atoms with van der Waals surface area (Å²) >= 11 is 0. The van der Waals surface area contributed by atoms with Crippen molar-refractivity contribution in [2.45, 2.75) is 13.8 Å². The van der Waals surface area contributed by atoms with Crippen LogP contribution in [0.5, 0.6) is 0 Å². The molecule has 0 fully saturated rings. The van der Waals surface area contributed by atoms with E-state index in [-0.39, 0.29) is 12.1 Å². The number of nitrogens with one attached hydrogen (secondary N) is 1. The molecule has 0 aliphatic heterocycles. The van der Waals surface area contributed by atoms with Crippen LogP contribution in [-0.2, 0) is 4.79 Å². The first-order valence-electron chi connectivity index (χ1n) is 8.15. The Balaban J connectivity index is 2.18. The van der Waals surface area contributed by atoms with Crippen LogP contribution in [0.2, 0.25) is 0 Å². The maximum atomic E-state index is 12.5. The summed E-state index contributed by atoms with van der Waals surface area (Å²) in [6, 6.07) is 8.06. The van der Waals surface area contributed by atoms with Gasteiger partial charge in [-0.3, -0.25) is 29.8 Å². The number of non-ortho nitro benzene ring substituents is 2. The molecule has 10 heteroatoms. The number of anilines is 1. The van der Waals surface area contributed by atoms with Gasteiger partial charge in [0, 0.05) is 24.9 Å². The molecule has 2 aromatic carbocycles. The largest absolute Gasteiger partial charge is 0.332 e. The topological polar surface area (TPSA) is 136 Å². The Hall–Kier alpha value is -3.82. The Kier molecular flexibility index (Phi) is 6.04. The number of nitro groups is 2. The third-order valence-corrected chi connectivity index (χ3v) is 4.18. The molecular formula is C18H18N4O6. The molecular weight excluding hydrogens is 368 g/mol. The number of carbonyl (C=O) groups excluding carboxylic acids is 2. The molecule has 0 radical (unpaired) electrons. The molecule has 0 aliphatic carbocycles. The molecule has 0 aromatic heterocycles. The number of rotatable bonds is 6. The number of nitrogens with zero attached hydrogens (tertiary/aromatic N) is 3. The molecule has 0 heterocycles. The number of amides is 2. The van der Waals surface area contributed by atoms with E-state index in [1.54, 1.807) is 12.1 Å². The normalized spacial score (nSPS) is 10.2. The molecule has 0 spiro atoms. The van der Waals surface area contributed by atoms with E-state index in [1.165, 1.54) is 7.05 Å². The van der Waals surface area contributed by atoms with Gasteiger partial charge in [-0.2, -0.15) is 0 Å². The monoisotopic (exact) mass is 386 g/mol. The molecule has 0 saturated carbocycles. The van der Waals surface area contributed by atoms with E-state index < -0.39 is 33.0 Å². The van der Waals surface area contributed by atoms with Crippen molar-refractivity contribution < 1.29 is 19.4 Å². The highest BCUT2D eigenvalue weighted by molar-refractivity contribution is 6.00. The van der Waals surface area contributed by atoms with Crippen LogP contribution in [0.15, 0.2) is 36.4 Å². The first-order valence-corrected chi connectivity index (χ1v) is 8.15. The van der Waals surface area contributed by atoms with E-state index in [0.717, 1.165) is 34.2 Å². The molecule has 1 N–H and O–H groups in total. The van der Waals surface area contributed by atoms with Gasteiger partial charge >= 0.3 is 0 Å². The van der Waals surface area contributed by atoms with Crippen molar-refractivity contribution in [3.63, 3.8) is 0 Å². The number of hydrogen-bond acceptors (Lipinski definition) is 6. The molecule has 10 nitrogen and oxygen atoms in total. The maximum Gasteiger partial charge on any atom is 0.277 e. The summed E-state index contributed by atoms with van der Waals surface area (Å²) in [5.74, 6) is -1.22. The number of carbonyl (C=O) groups is 2. The summed E-state index contributed by atoms with van der Waals surface area (Å²) in [5, 5.41) is 24.6. The Bertz CT molecular complexity index is 940. The quantitative estimate of drug-likeness (QED) is 0.599. The van der Waals surface area contributed by atoms with Crippen LogP contribution < -0.4 is 5.32 Å². The summed E-state index contributed by atoms with van der Waals surface area (Å²) in [5.41, 5.74) is 1.08. The fourth-order valence-electron chi connectivity index (χ4n) is 2.51. The van der Waals surface area contributed by atoms with Crippen molar-refractivity contribution >= 4 is 28.9 Å². The van der Waals surface area contributed by atoms with E-state index in [9.17, 15) is 29.8 Å². The molecule has 0 unspecified atom stereocenters. The molecule has 28 heavy (non-hydrogen) atoms. The van der Waals surface area contributed by atoms with Gasteiger partial charge < -0.3 is 10.2 Å². The molecule has 0 saturated heterocycles. The number of benzene rings is 2. The smallest absolute Gasteiger partial charge is 0.277 e. The summed E-state index contributed by atoms with van der Waals surface area (Å²) in [4.78, 5) is 46.1. The van der Waals surface area contributed by atoms with Gasteiger partial charge in [0.1, 0.15) is 0 Å². The van der Waals surface area contributed by atoms with Crippen molar-refractivity contribution in [1.29, 1.82) is 0 Å². The predicted octanol–water partition coefficient (Wildman–Crippen LogP) is 2.83. The predicted molar refractivity (Wildman–Crippen MR) is 101 cm³/mol. The zero-order chi connectivity index (χ0) is 21.0. The maximum absolute atomic E-state index is 12.5. The van der Waals surface area contributed by atoms with Gasteiger partial charge in [0.15, 0.2) is 0 Å². The Morgan fingerprint density at radius 3 is 2.14 bits per heavy atom. The summed E-state index contributed by atoms with van der Waals surface area (Å²) < 4.78 is 0. The minimum Gasteiger partial charge on any atom is -0.332 e. The number of aryl methyl sites for hydroxylation is 1. The third kappa shape index (κ3) is 4.67. The van der Waals surface area contributed by atoms with E-state index in [4.69, 9.17) is 0 Å². The highest BCUT2D eigenvalue weighted by Gasteiger charge is 2.23. The van der Waals surface area contributed by atoms with Gasteiger partial charge in [-0.25, -0.2) is 0 Å². The highest BCUT2D eigenvalue weighted by Crippen LogP contribution is 2.23. The van der Waals surface area contributed by atoms with Crippen molar-refractivity contribution in [3.8, 4) is 0 Å². The molecule has 2 amide bonds. The van der Waals surface area contributed by atoms with Crippen LogP contribution in [0.1, 0.15) is 21.5 Å². The number of nitro benzene ring substituents is 2. The molecule has 0 atom stereocenters. The summed E-state index contributed by atoms with van der Waals surface area (Å²) in [6.45, 7) is 3.42. The van der Waals surface area contributed by atoms with Gasteiger partial charge in [0.05, 0.1) is 28.0 Å². The number of hydrogen-bond donors (Lipinski definition) is 1. The molecule has 2 rings (SSSR count). The molecule has 2 aromatic rings. The first kappa shape index (κ1) is 20.5.